The summed E-state index contributed by atoms with van der Waals surface area (Å²) in [5, 5.41) is 7.00. The van der Waals surface area contributed by atoms with Crippen molar-refractivity contribution >= 4 is 11.7 Å². The van der Waals surface area contributed by atoms with Gasteiger partial charge in [0.1, 0.15) is 5.82 Å². The van der Waals surface area contributed by atoms with Gasteiger partial charge in [-0.1, -0.05) is 6.07 Å². The minimum atomic E-state index is -0.350. The van der Waals surface area contributed by atoms with Gasteiger partial charge in [0.2, 0.25) is 0 Å². The molecule has 5 nitrogen and oxygen atoms in total. The van der Waals surface area contributed by atoms with Crippen LogP contribution in [0.1, 0.15) is 25.7 Å². The molecule has 1 aliphatic rings. The molecule has 1 unspecified atom stereocenters. The van der Waals surface area contributed by atoms with Gasteiger partial charge in [-0.3, -0.25) is 4.68 Å². The lowest BCUT2D eigenvalue weighted by atomic mass is 10.00. The van der Waals surface area contributed by atoms with Gasteiger partial charge < -0.3 is 10.2 Å². The number of piperidine rings is 1. The molecule has 1 atom stereocenters. The number of benzene rings is 1. The molecule has 6 heteroatoms. The number of rotatable bonds is 4. The molecule has 0 bridgehead atoms. The SMILES string of the molecule is O=C(Nc1cccc(F)c1)N1CCCCC1CCn1cccn1. The smallest absolute Gasteiger partial charge is 0.321 e. The van der Waals surface area contributed by atoms with Crippen LogP contribution in [-0.4, -0.2) is 33.3 Å². The molecule has 122 valence electrons. The highest BCUT2D eigenvalue weighted by Crippen LogP contribution is 2.21. The maximum atomic E-state index is 13.2. The van der Waals surface area contributed by atoms with Gasteiger partial charge in [-0.05, 0) is 49.9 Å². The lowest BCUT2D eigenvalue weighted by molar-refractivity contribution is 0.154. The summed E-state index contributed by atoms with van der Waals surface area (Å²) < 4.78 is 15.1. The van der Waals surface area contributed by atoms with Crippen LogP contribution in [0.5, 0.6) is 0 Å². The first-order chi connectivity index (χ1) is 11.2. The molecular weight excluding hydrogens is 295 g/mol. The Morgan fingerprint density at radius 3 is 3.04 bits per heavy atom. The summed E-state index contributed by atoms with van der Waals surface area (Å²) >= 11 is 0. The molecule has 2 aromatic rings. The number of amides is 2. The van der Waals surface area contributed by atoms with Gasteiger partial charge in [0, 0.05) is 37.2 Å². The van der Waals surface area contributed by atoms with Gasteiger partial charge >= 0.3 is 6.03 Å². The van der Waals surface area contributed by atoms with Crippen molar-refractivity contribution in [2.75, 3.05) is 11.9 Å². The lowest BCUT2D eigenvalue weighted by Gasteiger charge is -2.35. The maximum Gasteiger partial charge on any atom is 0.322 e. The number of nitrogens with zero attached hydrogens (tertiary/aromatic N) is 3. The standard InChI is InChI=1S/C17H21FN4O/c18-14-5-3-6-15(13-14)20-17(23)22-11-2-1-7-16(22)8-12-21-10-4-9-19-21/h3-6,9-10,13,16H,1-2,7-8,11-12H2,(H,20,23). The van der Waals surface area contributed by atoms with E-state index in [1.54, 1.807) is 18.3 Å². The normalized spacial score (nSPS) is 18.0. The van der Waals surface area contributed by atoms with E-state index in [0.717, 1.165) is 38.8 Å². The van der Waals surface area contributed by atoms with Crippen LogP contribution < -0.4 is 5.32 Å². The Balaban J connectivity index is 1.61. The van der Waals surface area contributed by atoms with E-state index in [4.69, 9.17) is 0 Å². The molecule has 1 saturated heterocycles. The highest BCUT2D eigenvalue weighted by Gasteiger charge is 2.26. The minimum Gasteiger partial charge on any atom is -0.321 e. The van der Waals surface area contributed by atoms with Crippen LogP contribution in [0.2, 0.25) is 0 Å². The van der Waals surface area contributed by atoms with Crippen molar-refractivity contribution in [3.63, 3.8) is 0 Å². The largest absolute Gasteiger partial charge is 0.322 e. The Morgan fingerprint density at radius 2 is 2.26 bits per heavy atom. The van der Waals surface area contributed by atoms with E-state index < -0.39 is 0 Å². The molecule has 1 N–H and O–H groups in total. The number of anilines is 1. The van der Waals surface area contributed by atoms with Gasteiger partial charge in [0.25, 0.3) is 0 Å². The number of halogens is 1. The van der Waals surface area contributed by atoms with Crippen LogP contribution in [0.15, 0.2) is 42.7 Å². The van der Waals surface area contributed by atoms with Gasteiger partial charge in [0.05, 0.1) is 0 Å². The molecule has 0 spiro atoms. The van der Waals surface area contributed by atoms with Crippen LogP contribution in [-0.2, 0) is 6.54 Å². The zero-order valence-electron chi connectivity index (χ0n) is 13.0. The first kappa shape index (κ1) is 15.5. The molecule has 1 aromatic heterocycles. The predicted molar refractivity (Wildman–Crippen MR) is 86.6 cm³/mol. The molecular formula is C17H21FN4O. The lowest BCUT2D eigenvalue weighted by Crippen LogP contribution is -2.46. The number of hydrogen-bond donors (Lipinski definition) is 1. The second kappa shape index (κ2) is 7.26. The van der Waals surface area contributed by atoms with Crippen LogP contribution in [0.4, 0.5) is 14.9 Å². The second-order valence-electron chi connectivity index (χ2n) is 5.84. The van der Waals surface area contributed by atoms with E-state index in [9.17, 15) is 9.18 Å². The zero-order chi connectivity index (χ0) is 16.1. The van der Waals surface area contributed by atoms with Gasteiger partial charge in [-0.15, -0.1) is 0 Å². The average molecular weight is 316 g/mol. The number of aryl methyl sites for hydroxylation is 1. The van der Waals surface area contributed by atoms with Gasteiger partial charge in [0.15, 0.2) is 0 Å². The fourth-order valence-corrected chi connectivity index (χ4v) is 3.04. The zero-order valence-corrected chi connectivity index (χ0v) is 13.0. The summed E-state index contributed by atoms with van der Waals surface area (Å²) in [5.74, 6) is -0.350. The molecule has 0 saturated carbocycles. The quantitative estimate of drug-likeness (QED) is 0.938. The van der Waals surface area contributed by atoms with Crippen molar-refractivity contribution in [3.05, 3.63) is 48.5 Å². The Labute approximate surface area is 135 Å². The predicted octanol–water partition coefficient (Wildman–Crippen LogP) is 3.50. The summed E-state index contributed by atoms with van der Waals surface area (Å²) in [6.45, 7) is 1.53. The average Bonchev–Trinajstić information content (AvgIpc) is 3.06. The number of hydrogen-bond acceptors (Lipinski definition) is 2. The molecule has 0 aliphatic carbocycles. The number of carbonyl (C=O) groups excluding carboxylic acids is 1. The summed E-state index contributed by atoms with van der Waals surface area (Å²) in [6, 6.07) is 7.93. The van der Waals surface area contributed by atoms with E-state index in [2.05, 4.69) is 10.4 Å². The third-order valence-electron chi connectivity index (χ3n) is 4.21. The fourth-order valence-electron chi connectivity index (χ4n) is 3.04. The molecule has 3 rings (SSSR count). The summed E-state index contributed by atoms with van der Waals surface area (Å²) in [5.41, 5.74) is 0.492. The van der Waals surface area contributed by atoms with E-state index >= 15 is 0 Å². The van der Waals surface area contributed by atoms with Crippen molar-refractivity contribution in [2.24, 2.45) is 0 Å². The number of aromatic nitrogens is 2. The molecule has 1 aliphatic heterocycles. The fraction of sp³-hybridized carbons (Fsp3) is 0.412. The molecule has 1 fully saturated rings. The number of urea groups is 1. The van der Waals surface area contributed by atoms with E-state index in [1.165, 1.54) is 12.1 Å². The van der Waals surface area contributed by atoms with Crippen molar-refractivity contribution in [3.8, 4) is 0 Å². The Kier molecular flexibility index (Phi) is 4.90. The third-order valence-corrected chi connectivity index (χ3v) is 4.21. The van der Waals surface area contributed by atoms with E-state index in [-0.39, 0.29) is 17.9 Å². The monoisotopic (exact) mass is 316 g/mol. The molecule has 2 heterocycles. The van der Waals surface area contributed by atoms with Crippen LogP contribution >= 0.6 is 0 Å². The Morgan fingerprint density at radius 1 is 1.35 bits per heavy atom. The maximum absolute atomic E-state index is 13.2. The third kappa shape index (κ3) is 4.09. The molecule has 23 heavy (non-hydrogen) atoms. The number of nitrogens with one attached hydrogen (secondary N) is 1. The second-order valence-corrected chi connectivity index (χ2v) is 5.84. The molecule has 2 amide bonds. The van der Waals surface area contributed by atoms with Gasteiger partial charge in [-0.2, -0.15) is 5.10 Å². The topological polar surface area (TPSA) is 50.2 Å². The highest BCUT2D eigenvalue weighted by atomic mass is 19.1. The van der Waals surface area contributed by atoms with Crippen LogP contribution in [0.25, 0.3) is 0 Å². The van der Waals surface area contributed by atoms with Crippen LogP contribution in [0.3, 0.4) is 0 Å². The Bertz CT molecular complexity index is 644. The first-order valence-electron chi connectivity index (χ1n) is 8.03. The van der Waals surface area contributed by atoms with Crippen molar-refractivity contribution in [1.82, 2.24) is 14.7 Å². The van der Waals surface area contributed by atoms with Crippen LogP contribution in [0, 0.1) is 5.82 Å². The van der Waals surface area contributed by atoms with E-state index in [1.807, 2.05) is 21.8 Å². The molecule has 0 radical (unpaired) electrons. The first-order valence-corrected chi connectivity index (χ1v) is 8.03. The summed E-state index contributed by atoms with van der Waals surface area (Å²) in [6.07, 6.45) is 7.70. The van der Waals surface area contributed by atoms with E-state index in [0.29, 0.717) is 5.69 Å². The van der Waals surface area contributed by atoms with Crippen molar-refractivity contribution in [1.29, 1.82) is 0 Å². The van der Waals surface area contributed by atoms with Gasteiger partial charge in [-0.25, -0.2) is 9.18 Å². The van der Waals surface area contributed by atoms with Crippen molar-refractivity contribution in [2.45, 2.75) is 38.3 Å². The number of likely N-dealkylation sites (tertiary alicyclic amines) is 1. The highest BCUT2D eigenvalue weighted by molar-refractivity contribution is 5.89. The van der Waals surface area contributed by atoms with Crippen molar-refractivity contribution < 1.29 is 9.18 Å². The minimum absolute atomic E-state index is 0.152. The number of carbonyl (C=O) groups is 1. The summed E-state index contributed by atoms with van der Waals surface area (Å²) in [7, 11) is 0. The molecule has 1 aromatic carbocycles. The summed E-state index contributed by atoms with van der Waals surface area (Å²) in [4.78, 5) is 14.4. The Hall–Kier alpha value is -2.37.